The van der Waals surface area contributed by atoms with E-state index in [1.807, 2.05) is 0 Å². The predicted molar refractivity (Wildman–Crippen MR) is 123 cm³/mol. The van der Waals surface area contributed by atoms with E-state index in [1.165, 1.54) is 0 Å². The number of hydrogen-bond acceptors (Lipinski definition) is 5. The van der Waals surface area contributed by atoms with Crippen molar-refractivity contribution < 1.29 is 9.59 Å². The molecule has 1 aliphatic rings. The number of H-pyrrole nitrogens is 1. The molecule has 1 atom stereocenters. The number of aromatic amines is 1. The van der Waals surface area contributed by atoms with Gasteiger partial charge in [-0.2, -0.15) is 4.98 Å². The van der Waals surface area contributed by atoms with Crippen molar-refractivity contribution in [2.45, 2.75) is 12.3 Å². The number of rotatable bonds is 4. The molecule has 0 bridgehead atoms. The minimum Gasteiger partial charge on any atom is -0.326 e. The molecule has 2 aromatic carbocycles. The lowest BCUT2D eigenvalue weighted by Gasteiger charge is -2.23. The molecule has 0 fully saturated rings. The SMILES string of the molecule is O=C1C[C@@H](C(=O)Nc2ccc(Br)cc2)c2c(nc(Nc3cc(Cl)cc(Cl)c3)[nH]c2=O)N1. The van der Waals surface area contributed by atoms with Gasteiger partial charge in [0.2, 0.25) is 17.8 Å². The molecule has 8 nitrogen and oxygen atoms in total. The van der Waals surface area contributed by atoms with Gasteiger partial charge in [0.25, 0.3) is 5.56 Å². The van der Waals surface area contributed by atoms with E-state index in [9.17, 15) is 14.4 Å². The molecule has 31 heavy (non-hydrogen) atoms. The first kappa shape index (κ1) is 21.4. The van der Waals surface area contributed by atoms with Crippen molar-refractivity contribution in [2.75, 3.05) is 16.0 Å². The minimum atomic E-state index is -0.988. The molecule has 0 spiro atoms. The van der Waals surface area contributed by atoms with Crippen LogP contribution in [-0.2, 0) is 9.59 Å². The molecule has 2 heterocycles. The summed E-state index contributed by atoms with van der Waals surface area (Å²) >= 11 is 15.3. The Morgan fingerprint density at radius 1 is 1.06 bits per heavy atom. The predicted octanol–water partition coefficient (Wildman–Crippen LogP) is 4.65. The van der Waals surface area contributed by atoms with E-state index in [1.54, 1.807) is 42.5 Å². The quantitative estimate of drug-likeness (QED) is 0.398. The number of carbonyl (C=O) groups is 2. The number of hydrogen-bond donors (Lipinski definition) is 4. The lowest BCUT2D eigenvalue weighted by molar-refractivity contribution is -0.123. The van der Waals surface area contributed by atoms with Gasteiger partial charge in [-0.05, 0) is 42.5 Å². The van der Waals surface area contributed by atoms with Crippen molar-refractivity contribution in [3.8, 4) is 0 Å². The summed E-state index contributed by atoms with van der Waals surface area (Å²) in [6, 6.07) is 11.7. The second-order valence-corrected chi connectivity index (χ2v) is 8.55. The average molecular weight is 523 g/mol. The molecule has 3 aromatic rings. The molecule has 2 amide bonds. The van der Waals surface area contributed by atoms with Gasteiger partial charge in [-0.15, -0.1) is 0 Å². The van der Waals surface area contributed by atoms with E-state index in [2.05, 4.69) is 41.8 Å². The summed E-state index contributed by atoms with van der Waals surface area (Å²) in [7, 11) is 0. The summed E-state index contributed by atoms with van der Waals surface area (Å²) in [6.07, 6.45) is -0.170. The Balaban J connectivity index is 1.64. The lowest BCUT2D eigenvalue weighted by atomic mass is 9.92. The number of benzene rings is 2. The molecule has 11 heteroatoms. The largest absolute Gasteiger partial charge is 0.326 e. The third-order valence-corrected chi connectivity index (χ3v) is 5.47. The van der Waals surface area contributed by atoms with E-state index in [-0.39, 0.29) is 23.8 Å². The second kappa shape index (κ2) is 8.70. The molecular formula is C20H14BrCl2N5O3. The summed E-state index contributed by atoms with van der Waals surface area (Å²) in [6.45, 7) is 0. The molecule has 0 saturated carbocycles. The summed E-state index contributed by atoms with van der Waals surface area (Å²) in [5.41, 5.74) is 0.578. The van der Waals surface area contributed by atoms with E-state index >= 15 is 0 Å². The molecule has 0 unspecified atom stereocenters. The lowest BCUT2D eigenvalue weighted by Crippen LogP contribution is -2.36. The Hall–Kier alpha value is -2.88. The van der Waals surface area contributed by atoms with E-state index in [4.69, 9.17) is 23.2 Å². The first-order valence-electron chi connectivity index (χ1n) is 9.02. The van der Waals surface area contributed by atoms with Gasteiger partial charge in [0.1, 0.15) is 5.82 Å². The van der Waals surface area contributed by atoms with Crippen LogP contribution in [0.1, 0.15) is 17.9 Å². The molecule has 0 radical (unpaired) electrons. The summed E-state index contributed by atoms with van der Waals surface area (Å²) < 4.78 is 0.856. The van der Waals surface area contributed by atoms with E-state index in [0.29, 0.717) is 21.4 Å². The molecule has 4 rings (SSSR count). The number of nitrogens with zero attached hydrogens (tertiary/aromatic N) is 1. The van der Waals surface area contributed by atoms with Gasteiger partial charge >= 0.3 is 0 Å². The summed E-state index contributed by atoms with van der Waals surface area (Å²) in [5.74, 6) is -1.80. The highest BCUT2D eigenvalue weighted by molar-refractivity contribution is 9.10. The maximum atomic E-state index is 12.8. The van der Waals surface area contributed by atoms with Crippen molar-refractivity contribution in [3.05, 3.63) is 72.9 Å². The zero-order chi connectivity index (χ0) is 22.1. The maximum Gasteiger partial charge on any atom is 0.258 e. The Morgan fingerprint density at radius 2 is 1.74 bits per heavy atom. The number of carbonyl (C=O) groups excluding carboxylic acids is 2. The third-order valence-electron chi connectivity index (χ3n) is 4.50. The zero-order valence-electron chi connectivity index (χ0n) is 15.6. The van der Waals surface area contributed by atoms with E-state index < -0.39 is 23.3 Å². The first-order valence-corrected chi connectivity index (χ1v) is 10.6. The van der Waals surface area contributed by atoms with Crippen LogP contribution in [0.4, 0.5) is 23.1 Å². The average Bonchev–Trinajstić information content (AvgIpc) is 2.68. The van der Waals surface area contributed by atoms with Crippen molar-refractivity contribution in [1.29, 1.82) is 0 Å². The van der Waals surface area contributed by atoms with Crippen LogP contribution < -0.4 is 21.5 Å². The van der Waals surface area contributed by atoms with Gasteiger partial charge in [-0.1, -0.05) is 39.1 Å². The van der Waals surface area contributed by atoms with Crippen molar-refractivity contribution in [3.63, 3.8) is 0 Å². The third kappa shape index (κ3) is 4.90. The number of aromatic nitrogens is 2. The van der Waals surface area contributed by atoms with Crippen LogP contribution in [0.2, 0.25) is 10.0 Å². The van der Waals surface area contributed by atoms with Crippen molar-refractivity contribution in [1.82, 2.24) is 9.97 Å². The Morgan fingerprint density at radius 3 is 2.42 bits per heavy atom. The standard InChI is InChI=1S/C20H14BrCl2N5O3/c21-9-1-3-12(4-2-9)24-18(30)14-8-15(29)26-17-16(14)19(31)28-20(27-17)25-13-6-10(22)5-11(23)7-13/h1-7,14H,8H2,(H,24,30)(H3,25,26,27,28,29,31)/t14-/m1/s1. The number of halogens is 3. The molecule has 0 saturated heterocycles. The molecule has 1 aliphatic heterocycles. The Kier molecular flexibility index (Phi) is 5.99. The van der Waals surface area contributed by atoms with Gasteiger partial charge in [-0.25, -0.2) is 0 Å². The normalized spacial score (nSPS) is 15.1. The van der Waals surface area contributed by atoms with Crippen LogP contribution in [0.15, 0.2) is 51.7 Å². The van der Waals surface area contributed by atoms with Crippen LogP contribution in [-0.4, -0.2) is 21.8 Å². The topological polar surface area (TPSA) is 116 Å². The monoisotopic (exact) mass is 521 g/mol. The number of nitrogens with one attached hydrogen (secondary N) is 4. The van der Waals surface area contributed by atoms with Crippen molar-refractivity contribution >= 4 is 74.1 Å². The fourth-order valence-corrected chi connectivity index (χ4v) is 3.97. The van der Waals surface area contributed by atoms with Gasteiger partial charge < -0.3 is 16.0 Å². The number of fused-ring (bicyclic) bond motifs is 1. The van der Waals surface area contributed by atoms with Crippen molar-refractivity contribution in [2.24, 2.45) is 0 Å². The molecular weight excluding hydrogens is 509 g/mol. The van der Waals surface area contributed by atoms with Gasteiger partial charge in [0, 0.05) is 32.3 Å². The number of anilines is 4. The molecule has 0 aliphatic carbocycles. The van der Waals surface area contributed by atoms with Gasteiger partial charge in [0.05, 0.1) is 11.5 Å². The highest BCUT2D eigenvalue weighted by Crippen LogP contribution is 2.31. The zero-order valence-corrected chi connectivity index (χ0v) is 18.7. The van der Waals surface area contributed by atoms with E-state index in [0.717, 1.165) is 4.47 Å². The van der Waals surface area contributed by atoms with Crippen LogP contribution >= 0.6 is 39.1 Å². The van der Waals surface area contributed by atoms with Crippen LogP contribution in [0.5, 0.6) is 0 Å². The molecule has 1 aromatic heterocycles. The summed E-state index contributed by atoms with van der Waals surface area (Å²) in [4.78, 5) is 44.7. The Bertz CT molecular complexity index is 1230. The van der Waals surface area contributed by atoms with Gasteiger partial charge in [-0.3, -0.25) is 19.4 Å². The maximum absolute atomic E-state index is 12.8. The smallest absolute Gasteiger partial charge is 0.258 e. The first-order chi connectivity index (χ1) is 14.8. The fraction of sp³-hybridized carbons (Fsp3) is 0.100. The minimum absolute atomic E-state index is 0.0200. The molecule has 158 valence electrons. The highest BCUT2D eigenvalue weighted by Gasteiger charge is 2.34. The fourth-order valence-electron chi connectivity index (χ4n) is 3.18. The second-order valence-electron chi connectivity index (χ2n) is 6.76. The van der Waals surface area contributed by atoms with Gasteiger partial charge in [0.15, 0.2) is 0 Å². The molecule has 4 N–H and O–H groups in total. The highest BCUT2D eigenvalue weighted by atomic mass is 79.9. The Labute approximate surface area is 194 Å². The van der Waals surface area contributed by atoms with Crippen LogP contribution in [0.3, 0.4) is 0 Å². The summed E-state index contributed by atoms with van der Waals surface area (Å²) in [5, 5.41) is 8.97. The number of amides is 2. The van der Waals surface area contributed by atoms with Crippen LogP contribution in [0, 0.1) is 0 Å². The van der Waals surface area contributed by atoms with Crippen LogP contribution in [0.25, 0.3) is 0 Å².